The Hall–Kier alpha value is -1.77. The molecule has 3 nitrogen and oxygen atoms in total. The van der Waals surface area contributed by atoms with Crippen molar-refractivity contribution in [3.05, 3.63) is 47.3 Å². The van der Waals surface area contributed by atoms with Crippen LogP contribution in [0.3, 0.4) is 0 Å². The molecule has 0 aliphatic heterocycles. The molecule has 0 saturated heterocycles. The van der Waals surface area contributed by atoms with Crippen LogP contribution in [0.4, 0.5) is 5.69 Å². The van der Waals surface area contributed by atoms with Crippen LogP contribution in [0.5, 0.6) is 0 Å². The summed E-state index contributed by atoms with van der Waals surface area (Å²) in [6.45, 7) is 6.41. The molecule has 0 saturated carbocycles. The van der Waals surface area contributed by atoms with Crippen LogP contribution in [0, 0.1) is 6.92 Å². The highest BCUT2D eigenvalue weighted by Crippen LogP contribution is 2.24. The third-order valence-corrected chi connectivity index (χ3v) is 3.29. The maximum Gasteiger partial charge on any atom is 0.0646 e. The van der Waals surface area contributed by atoms with Crippen molar-refractivity contribution in [2.24, 2.45) is 7.05 Å². The van der Waals surface area contributed by atoms with Gasteiger partial charge in [-0.15, -0.1) is 0 Å². The zero-order chi connectivity index (χ0) is 13.1. The first-order valence-corrected chi connectivity index (χ1v) is 6.46. The summed E-state index contributed by atoms with van der Waals surface area (Å²) in [7, 11) is 1.96. The molecule has 0 spiro atoms. The predicted molar refractivity (Wildman–Crippen MR) is 75.8 cm³/mol. The number of aryl methyl sites for hydroxylation is 3. The molecule has 2 aromatic rings. The zero-order valence-electron chi connectivity index (χ0n) is 11.6. The van der Waals surface area contributed by atoms with E-state index in [0.29, 0.717) is 0 Å². The topological polar surface area (TPSA) is 29.9 Å². The number of nitrogens with zero attached hydrogens (tertiary/aromatic N) is 2. The fourth-order valence-corrected chi connectivity index (χ4v) is 2.32. The summed E-state index contributed by atoms with van der Waals surface area (Å²) in [5.74, 6) is 0. The normalized spacial score (nSPS) is 12.4. The third kappa shape index (κ3) is 2.55. The van der Waals surface area contributed by atoms with E-state index < -0.39 is 0 Å². The van der Waals surface area contributed by atoms with E-state index in [1.54, 1.807) is 0 Å². The molecule has 0 radical (unpaired) electrons. The Bertz CT molecular complexity index is 528. The molecule has 0 bridgehead atoms. The third-order valence-electron chi connectivity index (χ3n) is 3.29. The summed E-state index contributed by atoms with van der Waals surface area (Å²) in [6.07, 6.45) is 3.13. The molecule has 18 heavy (non-hydrogen) atoms. The molecule has 1 heterocycles. The van der Waals surface area contributed by atoms with E-state index in [2.05, 4.69) is 61.6 Å². The lowest BCUT2D eigenvalue weighted by Gasteiger charge is -2.17. The molecule has 0 aliphatic rings. The zero-order valence-corrected chi connectivity index (χ0v) is 11.6. The van der Waals surface area contributed by atoms with Gasteiger partial charge >= 0.3 is 0 Å². The second-order valence-electron chi connectivity index (χ2n) is 4.72. The first-order valence-electron chi connectivity index (χ1n) is 6.46. The number of hydrogen-bond acceptors (Lipinski definition) is 2. The van der Waals surface area contributed by atoms with Crippen LogP contribution in [0.25, 0.3) is 0 Å². The summed E-state index contributed by atoms with van der Waals surface area (Å²) in [6, 6.07) is 8.74. The molecule has 0 amide bonds. The molecular formula is C15H21N3. The number of rotatable bonds is 4. The first kappa shape index (κ1) is 12.7. The number of benzene rings is 1. The van der Waals surface area contributed by atoms with Crippen LogP contribution in [-0.4, -0.2) is 9.78 Å². The maximum atomic E-state index is 4.39. The van der Waals surface area contributed by atoms with E-state index in [1.165, 1.54) is 16.8 Å². The van der Waals surface area contributed by atoms with E-state index in [-0.39, 0.29) is 6.04 Å². The van der Waals surface area contributed by atoms with E-state index in [0.717, 1.165) is 12.1 Å². The monoisotopic (exact) mass is 243 g/mol. The van der Waals surface area contributed by atoms with Gasteiger partial charge in [0.15, 0.2) is 0 Å². The van der Waals surface area contributed by atoms with E-state index >= 15 is 0 Å². The Morgan fingerprint density at radius 3 is 2.67 bits per heavy atom. The van der Waals surface area contributed by atoms with Crippen LogP contribution in [0.15, 0.2) is 30.5 Å². The number of para-hydroxylation sites is 1. The van der Waals surface area contributed by atoms with Crippen LogP contribution >= 0.6 is 0 Å². The van der Waals surface area contributed by atoms with Crippen molar-refractivity contribution in [1.82, 2.24) is 9.78 Å². The summed E-state index contributed by atoms with van der Waals surface area (Å²) >= 11 is 0. The van der Waals surface area contributed by atoms with Gasteiger partial charge in [-0.05, 0) is 31.9 Å². The molecule has 1 unspecified atom stereocenters. The van der Waals surface area contributed by atoms with Crippen molar-refractivity contribution >= 4 is 5.69 Å². The Kier molecular flexibility index (Phi) is 3.70. The second kappa shape index (κ2) is 5.25. The highest BCUT2D eigenvalue weighted by molar-refractivity contribution is 5.52. The average molecular weight is 243 g/mol. The lowest BCUT2D eigenvalue weighted by molar-refractivity contribution is 0.756. The van der Waals surface area contributed by atoms with E-state index in [4.69, 9.17) is 0 Å². The van der Waals surface area contributed by atoms with Crippen LogP contribution in [0.2, 0.25) is 0 Å². The van der Waals surface area contributed by atoms with E-state index in [9.17, 15) is 0 Å². The van der Waals surface area contributed by atoms with Crippen LogP contribution < -0.4 is 5.32 Å². The van der Waals surface area contributed by atoms with Crippen molar-refractivity contribution in [3.8, 4) is 0 Å². The van der Waals surface area contributed by atoms with Crippen molar-refractivity contribution in [2.45, 2.75) is 33.2 Å². The van der Waals surface area contributed by atoms with Crippen molar-refractivity contribution in [1.29, 1.82) is 0 Å². The molecule has 0 fully saturated rings. The van der Waals surface area contributed by atoms with E-state index in [1.807, 2.05) is 11.7 Å². The van der Waals surface area contributed by atoms with Crippen LogP contribution in [0.1, 0.15) is 36.7 Å². The Balaban J connectivity index is 2.21. The number of aromatic nitrogens is 2. The molecule has 3 heteroatoms. The van der Waals surface area contributed by atoms with Gasteiger partial charge < -0.3 is 5.32 Å². The molecule has 1 aromatic carbocycles. The largest absolute Gasteiger partial charge is 0.378 e. The fraction of sp³-hybridized carbons (Fsp3) is 0.400. The molecule has 1 N–H and O–H groups in total. The highest BCUT2D eigenvalue weighted by atomic mass is 15.3. The van der Waals surface area contributed by atoms with Gasteiger partial charge in [-0.1, -0.05) is 25.1 Å². The average Bonchev–Trinajstić information content (AvgIpc) is 2.69. The number of hydrogen-bond donors (Lipinski definition) is 1. The highest BCUT2D eigenvalue weighted by Gasteiger charge is 2.12. The quantitative estimate of drug-likeness (QED) is 0.891. The molecule has 1 aromatic heterocycles. The first-order chi connectivity index (χ1) is 8.61. The maximum absolute atomic E-state index is 4.39. The van der Waals surface area contributed by atoms with Gasteiger partial charge in [0.1, 0.15) is 0 Å². The SMILES string of the molecule is CCc1ccccc1NC(C)c1cn(C)nc1C. The van der Waals surface area contributed by atoms with Gasteiger partial charge in [0.05, 0.1) is 11.7 Å². The van der Waals surface area contributed by atoms with Crippen molar-refractivity contribution < 1.29 is 0 Å². The summed E-state index contributed by atoms with van der Waals surface area (Å²) in [4.78, 5) is 0. The molecule has 2 rings (SSSR count). The minimum atomic E-state index is 0.270. The predicted octanol–water partition coefficient (Wildman–Crippen LogP) is 3.46. The lowest BCUT2D eigenvalue weighted by atomic mass is 10.1. The standard InChI is InChI=1S/C15H21N3/c1-5-13-8-6-7-9-15(13)16-11(2)14-10-18(4)17-12(14)3/h6-11,16H,5H2,1-4H3. The smallest absolute Gasteiger partial charge is 0.0646 e. The lowest BCUT2D eigenvalue weighted by Crippen LogP contribution is -2.08. The Morgan fingerprint density at radius 1 is 1.33 bits per heavy atom. The Labute approximate surface area is 109 Å². The molecular weight excluding hydrogens is 222 g/mol. The number of anilines is 1. The minimum absolute atomic E-state index is 0.270. The van der Waals surface area contributed by atoms with Gasteiger partial charge in [0.25, 0.3) is 0 Å². The minimum Gasteiger partial charge on any atom is -0.378 e. The summed E-state index contributed by atoms with van der Waals surface area (Å²) in [5.41, 5.74) is 4.91. The van der Waals surface area contributed by atoms with Crippen LogP contribution in [-0.2, 0) is 13.5 Å². The Morgan fingerprint density at radius 2 is 2.06 bits per heavy atom. The fourth-order valence-electron chi connectivity index (χ4n) is 2.32. The summed E-state index contributed by atoms with van der Waals surface area (Å²) < 4.78 is 1.87. The molecule has 96 valence electrons. The van der Waals surface area contributed by atoms with Crippen molar-refractivity contribution in [2.75, 3.05) is 5.32 Å². The van der Waals surface area contributed by atoms with Crippen molar-refractivity contribution in [3.63, 3.8) is 0 Å². The number of nitrogens with one attached hydrogen (secondary N) is 1. The summed E-state index contributed by atoms with van der Waals surface area (Å²) in [5, 5.41) is 7.97. The van der Waals surface area contributed by atoms with Gasteiger partial charge in [0.2, 0.25) is 0 Å². The molecule has 1 atom stereocenters. The van der Waals surface area contributed by atoms with Gasteiger partial charge in [-0.25, -0.2) is 0 Å². The van der Waals surface area contributed by atoms with Gasteiger partial charge in [-0.3, -0.25) is 4.68 Å². The molecule has 0 aliphatic carbocycles. The second-order valence-corrected chi connectivity index (χ2v) is 4.72. The van der Waals surface area contributed by atoms with Gasteiger partial charge in [-0.2, -0.15) is 5.10 Å². The van der Waals surface area contributed by atoms with Gasteiger partial charge in [0, 0.05) is 24.5 Å².